The van der Waals surface area contributed by atoms with Crippen molar-refractivity contribution in [2.75, 3.05) is 57.9 Å². The van der Waals surface area contributed by atoms with Gasteiger partial charge in [-0.05, 0) is 57.7 Å². The average Bonchev–Trinajstić information content (AvgIpc) is 3.09. The lowest BCUT2D eigenvalue weighted by Crippen LogP contribution is -2.38. The number of fused-ring (bicyclic) bond motifs is 1. The molecule has 1 fully saturated rings. The van der Waals surface area contributed by atoms with E-state index in [9.17, 15) is 9.59 Å². The van der Waals surface area contributed by atoms with Gasteiger partial charge in [0.1, 0.15) is 5.00 Å². The first-order valence-electron chi connectivity index (χ1n) is 13.0. The van der Waals surface area contributed by atoms with Crippen LogP contribution >= 0.6 is 11.3 Å². The van der Waals surface area contributed by atoms with Crippen LogP contribution in [0.5, 0.6) is 0 Å². The number of carboxylic acids is 4. The number of amides is 1. The van der Waals surface area contributed by atoms with Crippen LogP contribution in [0, 0.1) is 0 Å². The fraction of sp³-hybridized carbons (Fsp3) is 0.600. The minimum atomic E-state index is -1.82. The number of hydrogen-bond acceptors (Lipinski definition) is 11. The molecule has 0 spiro atoms. The molecule has 16 heteroatoms. The molecule has 230 valence electrons. The smallest absolute Gasteiger partial charge is 0.414 e. The molecular formula is C25H37N3O12S. The summed E-state index contributed by atoms with van der Waals surface area (Å²) in [5.41, 5.74) is 1.66. The Hall–Kier alpha value is -3.60. The number of thiophene rings is 1. The van der Waals surface area contributed by atoms with Crippen LogP contribution in [0.15, 0.2) is 0 Å². The van der Waals surface area contributed by atoms with E-state index < -0.39 is 23.9 Å². The number of morpholine rings is 1. The Balaban J connectivity index is 0.000000588. The molecule has 0 radical (unpaired) electrons. The molecule has 41 heavy (non-hydrogen) atoms. The van der Waals surface area contributed by atoms with E-state index in [1.807, 2.05) is 6.92 Å². The van der Waals surface area contributed by atoms with Crippen molar-refractivity contribution >= 4 is 52.1 Å². The van der Waals surface area contributed by atoms with E-state index in [1.165, 1.54) is 11.3 Å². The predicted octanol–water partition coefficient (Wildman–Crippen LogP) is 0.755. The first-order valence-corrected chi connectivity index (χ1v) is 13.8. The number of carbonyl (C=O) groups excluding carboxylic acids is 2. The van der Waals surface area contributed by atoms with Crippen molar-refractivity contribution in [2.45, 2.75) is 45.4 Å². The lowest BCUT2D eigenvalue weighted by molar-refractivity contribution is -0.159. The van der Waals surface area contributed by atoms with Crippen molar-refractivity contribution in [1.29, 1.82) is 0 Å². The number of aliphatic carboxylic acids is 4. The van der Waals surface area contributed by atoms with Gasteiger partial charge in [-0.1, -0.05) is 6.42 Å². The molecule has 2 aliphatic rings. The van der Waals surface area contributed by atoms with Crippen LogP contribution in [0.1, 0.15) is 53.4 Å². The zero-order chi connectivity index (χ0) is 30.8. The summed E-state index contributed by atoms with van der Waals surface area (Å²) in [7, 11) is 0. The highest BCUT2D eigenvalue weighted by molar-refractivity contribution is 7.17. The number of hydrogen-bond donors (Lipinski definition) is 6. The van der Waals surface area contributed by atoms with Gasteiger partial charge in [-0.25, -0.2) is 24.0 Å². The van der Waals surface area contributed by atoms with Crippen molar-refractivity contribution in [3.63, 3.8) is 0 Å². The third kappa shape index (κ3) is 14.0. The Kier molecular flexibility index (Phi) is 16.8. The van der Waals surface area contributed by atoms with Gasteiger partial charge in [0, 0.05) is 18.0 Å². The fourth-order valence-electron chi connectivity index (χ4n) is 3.88. The quantitative estimate of drug-likeness (QED) is 0.0991. The number of aryl methyl sites for hydroxylation is 1. The molecule has 0 aromatic carbocycles. The zero-order valence-electron chi connectivity index (χ0n) is 22.8. The number of carbonyl (C=O) groups is 6. The minimum Gasteiger partial charge on any atom is -0.473 e. The number of rotatable bonds is 9. The summed E-state index contributed by atoms with van der Waals surface area (Å²) in [5.74, 6) is -7.73. The largest absolute Gasteiger partial charge is 0.473 e. The van der Waals surface area contributed by atoms with Gasteiger partial charge in [-0.15, -0.1) is 11.3 Å². The molecule has 1 aliphatic carbocycles. The Morgan fingerprint density at radius 2 is 1.49 bits per heavy atom. The molecular weight excluding hydrogens is 566 g/mol. The third-order valence-electron chi connectivity index (χ3n) is 5.74. The molecule has 15 nitrogen and oxygen atoms in total. The molecule has 1 saturated heterocycles. The van der Waals surface area contributed by atoms with Gasteiger partial charge in [0.25, 0.3) is 0 Å². The van der Waals surface area contributed by atoms with Crippen molar-refractivity contribution in [1.82, 2.24) is 10.2 Å². The van der Waals surface area contributed by atoms with E-state index in [1.54, 1.807) is 11.3 Å². The summed E-state index contributed by atoms with van der Waals surface area (Å²) in [4.78, 5) is 65.0. The van der Waals surface area contributed by atoms with Crippen LogP contribution < -0.4 is 10.6 Å². The van der Waals surface area contributed by atoms with Gasteiger partial charge >= 0.3 is 29.8 Å². The van der Waals surface area contributed by atoms with Crippen molar-refractivity contribution in [3.8, 4) is 0 Å². The second-order valence-electron chi connectivity index (χ2n) is 8.74. The first-order chi connectivity index (χ1) is 19.5. The van der Waals surface area contributed by atoms with E-state index in [0.717, 1.165) is 77.1 Å². The molecule has 2 heterocycles. The van der Waals surface area contributed by atoms with Crippen molar-refractivity contribution < 1.29 is 58.7 Å². The third-order valence-corrected chi connectivity index (χ3v) is 6.94. The van der Waals surface area contributed by atoms with Crippen molar-refractivity contribution in [3.05, 3.63) is 16.0 Å². The summed E-state index contributed by atoms with van der Waals surface area (Å²) < 4.78 is 10.6. The predicted molar refractivity (Wildman–Crippen MR) is 145 cm³/mol. The number of anilines is 1. The maximum atomic E-state index is 12.5. The molecule has 0 bridgehead atoms. The maximum Gasteiger partial charge on any atom is 0.414 e. The van der Waals surface area contributed by atoms with E-state index in [2.05, 4.69) is 15.5 Å². The topological polar surface area (TPSA) is 229 Å². The monoisotopic (exact) mass is 603 g/mol. The highest BCUT2D eigenvalue weighted by Crippen LogP contribution is 2.38. The molecule has 0 unspecified atom stereocenters. The van der Waals surface area contributed by atoms with Crippen LogP contribution in [0.3, 0.4) is 0 Å². The van der Waals surface area contributed by atoms with Gasteiger partial charge in [-0.2, -0.15) is 0 Å². The first kappa shape index (κ1) is 35.4. The summed E-state index contributed by atoms with van der Waals surface area (Å²) in [6.07, 6.45) is 6.24. The maximum absolute atomic E-state index is 12.5. The van der Waals surface area contributed by atoms with Crippen LogP contribution in [-0.2, 0) is 46.3 Å². The second-order valence-corrected chi connectivity index (χ2v) is 9.85. The molecule has 3 rings (SSSR count). The molecule has 1 amide bonds. The number of ether oxygens (including phenoxy) is 2. The molecule has 0 saturated carbocycles. The summed E-state index contributed by atoms with van der Waals surface area (Å²) in [5, 5.41) is 36.4. The summed E-state index contributed by atoms with van der Waals surface area (Å²) in [6, 6.07) is 0. The lowest BCUT2D eigenvalue weighted by atomic mass is 10.1. The van der Waals surface area contributed by atoms with Gasteiger partial charge in [0.2, 0.25) is 5.91 Å². The summed E-state index contributed by atoms with van der Waals surface area (Å²) in [6.45, 7) is 7.78. The molecule has 1 aliphatic heterocycles. The molecule has 6 N–H and O–H groups in total. The minimum absolute atomic E-state index is 0.113. The number of esters is 1. The Morgan fingerprint density at radius 1 is 0.902 bits per heavy atom. The number of nitrogens with one attached hydrogen (secondary N) is 2. The standard InChI is InChI=1S/C21H33N3O4S.2C2H2O4/c1-2-28-21(26)19-16-7-4-3-5-8-17(16)29-20(19)23-18(25)15-22-9-6-10-24-11-13-27-14-12-24;2*3-1(4)2(5)6/h22H,2-15H2,1H3,(H,23,25);2*(H,3,4)(H,5,6). The lowest BCUT2D eigenvalue weighted by Gasteiger charge is -2.26. The average molecular weight is 604 g/mol. The van der Waals surface area contributed by atoms with Crippen LogP contribution in [0.2, 0.25) is 0 Å². The number of nitrogens with zero attached hydrogens (tertiary/aromatic N) is 1. The Labute approximate surface area is 240 Å². The van der Waals surface area contributed by atoms with Crippen molar-refractivity contribution in [2.24, 2.45) is 0 Å². The Bertz CT molecular complexity index is 1000. The highest BCUT2D eigenvalue weighted by Gasteiger charge is 2.26. The van der Waals surface area contributed by atoms with Crippen LogP contribution in [-0.4, -0.2) is 114 Å². The fourth-order valence-corrected chi connectivity index (χ4v) is 5.17. The molecule has 1 aromatic heterocycles. The highest BCUT2D eigenvalue weighted by atomic mass is 32.1. The summed E-state index contributed by atoms with van der Waals surface area (Å²) >= 11 is 1.54. The molecule has 1 aromatic rings. The van der Waals surface area contributed by atoms with Crippen LogP contribution in [0.4, 0.5) is 5.00 Å². The SMILES string of the molecule is CCOC(=O)c1c(NC(=O)CNCCCN2CCOCC2)sc2c1CCCCC2.O=C(O)C(=O)O.O=C(O)C(=O)O. The normalized spacial score (nSPS) is 14.5. The number of carboxylic acid groups (broad SMARTS) is 4. The van der Waals surface area contributed by atoms with Gasteiger partial charge in [0.05, 0.1) is 31.9 Å². The second kappa shape index (κ2) is 19.5. The van der Waals surface area contributed by atoms with E-state index in [0.29, 0.717) is 17.2 Å². The zero-order valence-corrected chi connectivity index (χ0v) is 23.6. The Morgan fingerprint density at radius 3 is 2.05 bits per heavy atom. The molecule has 0 atom stereocenters. The van der Waals surface area contributed by atoms with Gasteiger partial charge in [0.15, 0.2) is 0 Å². The van der Waals surface area contributed by atoms with Crippen LogP contribution in [0.25, 0.3) is 0 Å². The van der Waals surface area contributed by atoms with E-state index in [4.69, 9.17) is 49.1 Å². The van der Waals surface area contributed by atoms with Gasteiger partial charge in [-0.3, -0.25) is 9.69 Å². The van der Waals surface area contributed by atoms with E-state index >= 15 is 0 Å². The van der Waals surface area contributed by atoms with E-state index in [-0.39, 0.29) is 18.4 Å². The van der Waals surface area contributed by atoms with Gasteiger partial charge < -0.3 is 40.5 Å².